The van der Waals surface area contributed by atoms with Crippen molar-refractivity contribution < 1.29 is 23.1 Å². The van der Waals surface area contributed by atoms with Crippen molar-refractivity contribution in [3.05, 3.63) is 53.5 Å². The van der Waals surface area contributed by atoms with Gasteiger partial charge in [0.2, 0.25) is 17.6 Å². The summed E-state index contributed by atoms with van der Waals surface area (Å²) in [5.74, 6) is 0.433. The number of benzene rings is 1. The van der Waals surface area contributed by atoms with Gasteiger partial charge in [-0.25, -0.2) is 4.39 Å². The topological polar surface area (TPSA) is 119 Å². The SMILES string of the molecule is Cc1ccc(-c2nnn(CC(=O)N(CCCN3CCOCC3)C(C(=O)NC3CCCC3)c3ccc(F)cc3)n2)o1. The summed E-state index contributed by atoms with van der Waals surface area (Å²) in [6.45, 7) is 5.72. The lowest BCUT2D eigenvalue weighted by atomic mass is 10.0. The molecule has 2 aliphatic rings. The Bertz CT molecular complexity index is 1270. The van der Waals surface area contributed by atoms with Gasteiger partial charge in [-0.15, -0.1) is 10.2 Å². The highest BCUT2D eigenvalue weighted by Gasteiger charge is 2.33. The van der Waals surface area contributed by atoms with Gasteiger partial charge >= 0.3 is 0 Å². The van der Waals surface area contributed by atoms with Crippen LogP contribution in [-0.4, -0.2) is 87.3 Å². The number of amides is 2. The van der Waals surface area contributed by atoms with Crippen LogP contribution in [0.5, 0.6) is 0 Å². The van der Waals surface area contributed by atoms with E-state index in [1.165, 1.54) is 16.9 Å². The van der Waals surface area contributed by atoms with Crippen LogP contribution in [0.4, 0.5) is 4.39 Å². The van der Waals surface area contributed by atoms with E-state index in [0.717, 1.165) is 45.3 Å². The van der Waals surface area contributed by atoms with E-state index in [0.29, 0.717) is 43.3 Å². The Hall–Kier alpha value is -3.64. The van der Waals surface area contributed by atoms with Crippen LogP contribution in [0, 0.1) is 12.7 Å². The summed E-state index contributed by atoms with van der Waals surface area (Å²) >= 11 is 0. The van der Waals surface area contributed by atoms with Crippen molar-refractivity contribution in [1.29, 1.82) is 0 Å². The van der Waals surface area contributed by atoms with Crippen LogP contribution in [0.15, 0.2) is 40.8 Å². The number of tetrazole rings is 1. The quantitative estimate of drug-likeness (QED) is 0.385. The van der Waals surface area contributed by atoms with Gasteiger partial charge in [-0.1, -0.05) is 25.0 Å². The predicted octanol–water partition coefficient (Wildman–Crippen LogP) is 2.73. The van der Waals surface area contributed by atoms with Gasteiger partial charge in [-0.05, 0) is 61.2 Å². The van der Waals surface area contributed by atoms with E-state index < -0.39 is 11.9 Å². The summed E-state index contributed by atoms with van der Waals surface area (Å²) in [7, 11) is 0. The first-order chi connectivity index (χ1) is 19.5. The maximum Gasteiger partial charge on any atom is 0.247 e. The molecule has 1 unspecified atom stereocenters. The lowest BCUT2D eigenvalue weighted by Crippen LogP contribution is -2.48. The molecule has 2 fully saturated rings. The van der Waals surface area contributed by atoms with Gasteiger partial charge in [-0.3, -0.25) is 14.5 Å². The highest BCUT2D eigenvalue weighted by molar-refractivity contribution is 5.89. The van der Waals surface area contributed by atoms with Crippen LogP contribution in [0.25, 0.3) is 11.6 Å². The number of hydrogen-bond acceptors (Lipinski definition) is 8. The first kappa shape index (κ1) is 27.9. The molecule has 5 rings (SSSR count). The molecule has 3 heterocycles. The minimum Gasteiger partial charge on any atom is -0.458 e. The largest absolute Gasteiger partial charge is 0.458 e. The van der Waals surface area contributed by atoms with Gasteiger partial charge in [0, 0.05) is 32.2 Å². The van der Waals surface area contributed by atoms with Gasteiger partial charge in [0.05, 0.1) is 13.2 Å². The number of hydrogen-bond donors (Lipinski definition) is 1. The highest BCUT2D eigenvalue weighted by Crippen LogP contribution is 2.26. The molecule has 1 atom stereocenters. The molecule has 1 aliphatic heterocycles. The van der Waals surface area contributed by atoms with Crippen LogP contribution in [0.1, 0.15) is 49.5 Å². The van der Waals surface area contributed by atoms with Gasteiger partial charge < -0.3 is 19.4 Å². The summed E-state index contributed by atoms with van der Waals surface area (Å²) in [6, 6.07) is 8.47. The zero-order chi connectivity index (χ0) is 27.9. The van der Waals surface area contributed by atoms with E-state index in [2.05, 4.69) is 25.6 Å². The second-order valence-electron chi connectivity index (χ2n) is 10.4. The van der Waals surface area contributed by atoms with Crippen molar-refractivity contribution in [3.8, 4) is 11.6 Å². The molecule has 214 valence electrons. The Morgan fingerprint density at radius 1 is 1.12 bits per heavy atom. The predicted molar refractivity (Wildman–Crippen MR) is 143 cm³/mol. The van der Waals surface area contributed by atoms with Gasteiger partial charge in [-0.2, -0.15) is 4.80 Å². The van der Waals surface area contributed by atoms with Gasteiger partial charge in [0.25, 0.3) is 0 Å². The van der Waals surface area contributed by atoms with Crippen LogP contribution < -0.4 is 5.32 Å². The lowest BCUT2D eigenvalue weighted by Gasteiger charge is -2.33. The van der Waals surface area contributed by atoms with E-state index in [-0.39, 0.29) is 30.2 Å². The van der Waals surface area contributed by atoms with Crippen molar-refractivity contribution >= 4 is 11.8 Å². The summed E-state index contributed by atoms with van der Waals surface area (Å²) in [4.78, 5) is 32.7. The monoisotopic (exact) mass is 553 g/mol. The van der Waals surface area contributed by atoms with Crippen molar-refractivity contribution in [3.63, 3.8) is 0 Å². The molecule has 0 bridgehead atoms. The summed E-state index contributed by atoms with van der Waals surface area (Å²) < 4.78 is 24.9. The van der Waals surface area contributed by atoms with E-state index in [4.69, 9.17) is 9.15 Å². The number of rotatable bonds is 11. The third-order valence-electron chi connectivity index (χ3n) is 7.43. The van der Waals surface area contributed by atoms with Crippen molar-refractivity contribution in [1.82, 2.24) is 35.3 Å². The molecule has 1 N–H and O–H groups in total. The smallest absolute Gasteiger partial charge is 0.247 e. The standard InChI is InChI=1S/C28H36FN7O4/c1-20-7-12-24(40-20)27-31-33-36(32-27)19-25(37)35(14-4-13-34-15-17-39-18-16-34)26(21-8-10-22(29)11-9-21)28(38)30-23-5-2-3-6-23/h7-12,23,26H,2-6,13-19H2,1H3,(H,30,38). The average Bonchev–Trinajstić information content (AvgIpc) is 3.73. The van der Waals surface area contributed by atoms with E-state index in [1.54, 1.807) is 29.2 Å². The molecule has 1 aromatic carbocycles. The van der Waals surface area contributed by atoms with Gasteiger partial charge in [0.15, 0.2) is 5.76 Å². The van der Waals surface area contributed by atoms with Crippen LogP contribution in [0.3, 0.4) is 0 Å². The Labute approximate surface area is 232 Å². The molecule has 1 aliphatic carbocycles. The van der Waals surface area contributed by atoms with Crippen LogP contribution in [-0.2, 0) is 20.9 Å². The van der Waals surface area contributed by atoms with E-state index in [9.17, 15) is 14.0 Å². The second kappa shape index (κ2) is 13.1. The molecule has 0 spiro atoms. The average molecular weight is 554 g/mol. The molecule has 3 aromatic rings. The molecule has 12 heteroatoms. The van der Waals surface area contributed by atoms with Crippen LogP contribution >= 0.6 is 0 Å². The zero-order valence-electron chi connectivity index (χ0n) is 22.8. The maximum absolute atomic E-state index is 13.9. The molecule has 1 saturated heterocycles. The first-order valence-electron chi connectivity index (χ1n) is 14.0. The number of aryl methyl sites for hydroxylation is 1. The fraction of sp³-hybridized carbons (Fsp3) is 0.536. The molecule has 2 amide bonds. The molecule has 2 aromatic heterocycles. The van der Waals surface area contributed by atoms with Crippen molar-refractivity contribution in [2.24, 2.45) is 0 Å². The summed E-state index contributed by atoms with van der Waals surface area (Å²) in [5.41, 5.74) is 0.551. The number of carbonyl (C=O) groups is 2. The number of morpholine rings is 1. The zero-order valence-corrected chi connectivity index (χ0v) is 22.8. The molecular formula is C28H36FN7O4. The molecule has 1 saturated carbocycles. The Kier molecular flexibility index (Phi) is 9.17. The summed E-state index contributed by atoms with van der Waals surface area (Å²) in [5, 5.41) is 15.5. The Morgan fingerprint density at radius 2 is 1.88 bits per heavy atom. The van der Waals surface area contributed by atoms with Crippen LogP contribution in [0.2, 0.25) is 0 Å². The Balaban J connectivity index is 1.38. The first-order valence-corrected chi connectivity index (χ1v) is 14.0. The number of ether oxygens (including phenoxy) is 1. The lowest BCUT2D eigenvalue weighted by molar-refractivity contribution is -0.142. The van der Waals surface area contributed by atoms with Crippen molar-refractivity contribution in [2.45, 2.75) is 57.7 Å². The normalized spacial score (nSPS) is 17.1. The number of nitrogens with one attached hydrogen (secondary N) is 1. The molecule has 11 nitrogen and oxygen atoms in total. The van der Waals surface area contributed by atoms with E-state index >= 15 is 0 Å². The maximum atomic E-state index is 13.9. The minimum absolute atomic E-state index is 0.0667. The number of nitrogens with zero attached hydrogens (tertiary/aromatic N) is 6. The number of halogens is 1. The third-order valence-corrected chi connectivity index (χ3v) is 7.43. The number of aromatic nitrogens is 4. The minimum atomic E-state index is -0.922. The van der Waals surface area contributed by atoms with E-state index in [1.807, 2.05) is 6.92 Å². The Morgan fingerprint density at radius 3 is 2.58 bits per heavy atom. The number of carbonyl (C=O) groups excluding carboxylic acids is 2. The highest BCUT2D eigenvalue weighted by atomic mass is 19.1. The summed E-state index contributed by atoms with van der Waals surface area (Å²) in [6.07, 6.45) is 4.59. The second-order valence-corrected chi connectivity index (χ2v) is 10.4. The molecular weight excluding hydrogens is 517 g/mol. The fourth-order valence-electron chi connectivity index (χ4n) is 5.33. The van der Waals surface area contributed by atoms with Crippen molar-refractivity contribution in [2.75, 3.05) is 39.4 Å². The molecule has 0 radical (unpaired) electrons. The van der Waals surface area contributed by atoms with Gasteiger partial charge in [0.1, 0.15) is 24.2 Å². The third kappa shape index (κ3) is 7.11. The fourth-order valence-corrected chi connectivity index (χ4v) is 5.33. The molecule has 40 heavy (non-hydrogen) atoms. The number of furan rings is 1.